The van der Waals surface area contributed by atoms with E-state index in [2.05, 4.69) is 15.2 Å². The third-order valence-corrected chi connectivity index (χ3v) is 4.23. The number of nitrogens with one attached hydrogen (secondary N) is 1. The van der Waals surface area contributed by atoms with Crippen LogP contribution >= 0.6 is 0 Å². The van der Waals surface area contributed by atoms with Crippen molar-refractivity contribution in [3.8, 4) is 5.75 Å². The van der Waals surface area contributed by atoms with Crippen molar-refractivity contribution < 1.29 is 9.13 Å². The highest BCUT2D eigenvalue weighted by Crippen LogP contribution is 2.25. The summed E-state index contributed by atoms with van der Waals surface area (Å²) >= 11 is 0. The molecule has 0 saturated heterocycles. The minimum Gasteiger partial charge on any atom is -0.497 e. The fourth-order valence-electron chi connectivity index (χ4n) is 2.76. The molecule has 1 aromatic heterocycles. The first-order valence-electron chi connectivity index (χ1n) is 8.86. The summed E-state index contributed by atoms with van der Waals surface area (Å²) in [5, 5.41) is 4.19. The van der Waals surface area contributed by atoms with Crippen molar-refractivity contribution in [2.24, 2.45) is 0 Å². The molecule has 0 fully saturated rings. The van der Waals surface area contributed by atoms with Crippen LogP contribution in [-0.4, -0.2) is 44.2 Å². The van der Waals surface area contributed by atoms with Crippen LogP contribution in [0.4, 0.5) is 10.1 Å². The van der Waals surface area contributed by atoms with Crippen LogP contribution < -0.4 is 10.1 Å². The van der Waals surface area contributed by atoms with Crippen molar-refractivity contribution in [3.05, 3.63) is 65.6 Å². The van der Waals surface area contributed by atoms with Crippen LogP contribution in [0.2, 0.25) is 0 Å². The van der Waals surface area contributed by atoms with Crippen LogP contribution in [0.3, 0.4) is 0 Å². The number of benzene rings is 2. The summed E-state index contributed by atoms with van der Waals surface area (Å²) in [4.78, 5) is 6.74. The molecule has 1 heterocycles. The second-order valence-corrected chi connectivity index (χ2v) is 6.59. The molecule has 0 radical (unpaired) electrons. The number of hydrogen-bond acceptors (Lipinski definition) is 4. The van der Waals surface area contributed by atoms with Gasteiger partial charge in [0.1, 0.15) is 11.6 Å². The number of fused-ring (bicyclic) bond motifs is 1. The number of rotatable bonds is 7. The molecule has 0 saturated carbocycles. The number of anilines is 1. The van der Waals surface area contributed by atoms with Gasteiger partial charge in [-0.1, -0.05) is 18.2 Å². The Kier molecular flexibility index (Phi) is 6.04. The normalized spacial score (nSPS) is 11.4. The largest absolute Gasteiger partial charge is 0.497 e. The Morgan fingerprint density at radius 1 is 1.07 bits per heavy atom. The lowest BCUT2D eigenvalue weighted by Crippen LogP contribution is -2.20. The molecule has 3 aromatic rings. The molecule has 1 N–H and O–H groups in total. The first-order chi connectivity index (χ1) is 13.0. The number of hydrogen-bond donors (Lipinski definition) is 1. The lowest BCUT2D eigenvalue weighted by atomic mass is 10.1. The number of ether oxygens (including phenoxy) is 1. The van der Waals surface area contributed by atoms with Gasteiger partial charge >= 0.3 is 0 Å². The molecular formula is C22H24FN3O. The lowest BCUT2D eigenvalue weighted by Gasteiger charge is -2.14. The smallest absolute Gasteiger partial charge is 0.124 e. The van der Waals surface area contributed by atoms with Crippen LogP contribution in [0, 0.1) is 5.82 Å². The summed E-state index contributed by atoms with van der Waals surface area (Å²) in [7, 11) is 5.70. The molecule has 3 rings (SSSR count). The van der Waals surface area contributed by atoms with Gasteiger partial charge in [0.25, 0.3) is 0 Å². The van der Waals surface area contributed by atoms with Crippen molar-refractivity contribution >= 4 is 28.7 Å². The predicted molar refractivity (Wildman–Crippen MR) is 111 cm³/mol. The first-order valence-corrected chi connectivity index (χ1v) is 8.86. The maximum absolute atomic E-state index is 13.7. The third kappa shape index (κ3) is 5.05. The van der Waals surface area contributed by atoms with E-state index in [1.807, 2.05) is 56.6 Å². The monoisotopic (exact) mass is 365 g/mol. The zero-order chi connectivity index (χ0) is 19.2. The minimum atomic E-state index is -0.263. The third-order valence-electron chi connectivity index (χ3n) is 4.23. The van der Waals surface area contributed by atoms with Gasteiger partial charge in [-0.3, -0.25) is 0 Å². The van der Waals surface area contributed by atoms with Crippen LogP contribution in [0.15, 0.2) is 48.5 Å². The van der Waals surface area contributed by atoms with E-state index in [0.717, 1.165) is 46.7 Å². The Balaban J connectivity index is 1.90. The molecule has 0 unspecified atom stereocenters. The Bertz CT molecular complexity index is 936. The summed E-state index contributed by atoms with van der Waals surface area (Å²) in [6.45, 7) is 1.65. The molecule has 0 amide bonds. The zero-order valence-corrected chi connectivity index (χ0v) is 15.9. The van der Waals surface area contributed by atoms with E-state index in [0.29, 0.717) is 0 Å². The molecule has 0 aliphatic heterocycles. The second kappa shape index (κ2) is 8.64. The van der Waals surface area contributed by atoms with Crippen molar-refractivity contribution in [2.75, 3.05) is 39.6 Å². The summed E-state index contributed by atoms with van der Waals surface area (Å²) in [5.74, 6) is 0.562. The van der Waals surface area contributed by atoms with Gasteiger partial charge in [0.05, 0.1) is 18.3 Å². The summed E-state index contributed by atoms with van der Waals surface area (Å²) in [6.07, 6.45) is 3.96. The topological polar surface area (TPSA) is 37.4 Å². The van der Waals surface area contributed by atoms with Crippen LogP contribution in [0.1, 0.15) is 11.3 Å². The van der Waals surface area contributed by atoms with Gasteiger partial charge in [0.2, 0.25) is 0 Å². The Morgan fingerprint density at radius 2 is 1.85 bits per heavy atom. The molecule has 2 aromatic carbocycles. The average Bonchev–Trinajstić information content (AvgIpc) is 2.67. The highest BCUT2D eigenvalue weighted by molar-refractivity contribution is 5.93. The first kappa shape index (κ1) is 18.9. The maximum Gasteiger partial charge on any atom is 0.124 e. The molecule has 140 valence electrons. The average molecular weight is 365 g/mol. The van der Waals surface area contributed by atoms with Gasteiger partial charge in [0.15, 0.2) is 0 Å². The number of methoxy groups -OCH3 is 1. The number of halogens is 1. The molecule has 0 aliphatic rings. The summed E-state index contributed by atoms with van der Waals surface area (Å²) < 4.78 is 18.9. The van der Waals surface area contributed by atoms with Crippen molar-refractivity contribution in [1.29, 1.82) is 0 Å². The van der Waals surface area contributed by atoms with E-state index in [9.17, 15) is 4.39 Å². The lowest BCUT2D eigenvalue weighted by molar-refractivity contribution is 0.415. The van der Waals surface area contributed by atoms with Crippen LogP contribution in [0.25, 0.3) is 23.1 Å². The Labute approximate surface area is 159 Å². The number of nitrogens with zero attached hydrogens (tertiary/aromatic N) is 2. The molecule has 0 spiro atoms. The Morgan fingerprint density at radius 3 is 2.56 bits per heavy atom. The summed E-state index contributed by atoms with van der Waals surface area (Å²) in [6, 6.07) is 14.5. The Hall–Kier alpha value is -2.92. The van der Waals surface area contributed by atoms with Crippen molar-refractivity contribution in [1.82, 2.24) is 9.88 Å². The highest BCUT2D eigenvalue weighted by atomic mass is 19.1. The molecule has 27 heavy (non-hydrogen) atoms. The van der Waals surface area contributed by atoms with Crippen LogP contribution in [0.5, 0.6) is 5.75 Å². The maximum atomic E-state index is 13.7. The molecule has 5 heteroatoms. The molecule has 0 atom stereocenters. The fraction of sp³-hybridized carbons (Fsp3) is 0.227. The van der Waals surface area contributed by atoms with Gasteiger partial charge in [-0.2, -0.15) is 0 Å². The van der Waals surface area contributed by atoms with E-state index >= 15 is 0 Å². The molecular weight excluding hydrogens is 341 g/mol. The predicted octanol–water partition coefficient (Wildman–Crippen LogP) is 4.53. The number of likely N-dealkylation sites (N-methyl/N-ethyl adjacent to an activating group) is 1. The quantitative estimate of drug-likeness (QED) is 0.668. The van der Waals surface area contributed by atoms with E-state index in [4.69, 9.17) is 4.74 Å². The van der Waals surface area contributed by atoms with Gasteiger partial charge < -0.3 is 15.0 Å². The van der Waals surface area contributed by atoms with E-state index in [-0.39, 0.29) is 5.82 Å². The summed E-state index contributed by atoms with van der Waals surface area (Å²) in [5.41, 5.74) is 3.52. The molecule has 0 aliphatic carbocycles. The number of pyridine rings is 1. The highest BCUT2D eigenvalue weighted by Gasteiger charge is 2.06. The van der Waals surface area contributed by atoms with Gasteiger partial charge in [-0.25, -0.2) is 9.37 Å². The van der Waals surface area contributed by atoms with Crippen molar-refractivity contribution in [2.45, 2.75) is 0 Å². The van der Waals surface area contributed by atoms with Crippen LogP contribution in [-0.2, 0) is 0 Å². The van der Waals surface area contributed by atoms with Gasteiger partial charge in [-0.15, -0.1) is 0 Å². The SMILES string of the molecule is COc1ccc(/C=C/c2cc(NCCN(C)C)c3cc(F)ccc3n2)cc1. The molecule has 4 nitrogen and oxygen atoms in total. The number of aromatic nitrogens is 1. The van der Waals surface area contributed by atoms with Gasteiger partial charge in [0, 0.05) is 24.2 Å². The van der Waals surface area contributed by atoms with Crippen molar-refractivity contribution in [3.63, 3.8) is 0 Å². The zero-order valence-electron chi connectivity index (χ0n) is 15.9. The standard InChI is InChI=1S/C22H24FN3O/c1-26(2)13-12-24-22-15-18(25-21-11-7-17(23)14-20(21)22)8-4-16-5-9-19(27-3)10-6-16/h4-11,14-15H,12-13H2,1-3H3,(H,24,25)/b8-4+. The fourth-order valence-corrected chi connectivity index (χ4v) is 2.76. The second-order valence-electron chi connectivity index (χ2n) is 6.59. The minimum absolute atomic E-state index is 0.263. The van der Waals surface area contributed by atoms with Gasteiger partial charge in [-0.05, 0) is 62.1 Å². The molecule has 0 bridgehead atoms. The van der Waals surface area contributed by atoms with E-state index < -0.39 is 0 Å². The van der Waals surface area contributed by atoms with E-state index in [1.54, 1.807) is 13.2 Å². The van der Waals surface area contributed by atoms with E-state index in [1.165, 1.54) is 12.1 Å².